The Bertz CT molecular complexity index is 1860. The molecule has 232 valence electrons. The van der Waals surface area contributed by atoms with E-state index in [4.69, 9.17) is 33.9 Å². The maximum absolute atomic E-state index is 9.98. The highest BCUT2D eigenvalue weighted by atomic mass is 32.2. The average molecular weight is 673 g/mol. The number of benzene rings is 6. The molecule has 0 aliphatic heterocycles. The standard InChI is InChI=1S/C38H28N2O4S3/c41-29-15-11-25(12-16-29)33-23-31(43-37(45)39-27-7-3-1-4-8-27)19-21-35(33)47-36-22-20-32(24-34(36)26-13-17-30(42)18-14-26)44-38(46)40-28-9-5-2-6-10-28/h1-24,41-42H,(H,39,45)(H,40,46). The first-order valence-electron chi connectivity index (χ1n) is 14.5. The first-order chi connectivity index (χ1) is 22.9. The zero-order valence-electron chi connectivity index (χ0n) is 24.8. The van der Waals surface area contributed by atoms with Crippen molar-refractivity contribution >= 4 is 57.9 Å². The fourth-order valence-electron chi connectivity index (χ4n) is 4.72. The number of phenols is 2. The summed E-state index contributed by atoms with van der Waals surface area (Å²) in [6, 6.07) is 44.8. The molecule has 0 aliphatic carbocycles. The van der Waals surface area contributed by atoms with Gasteiger partial charge in [0.05, 0.1) is 0 Å². The van der Waals surface area contributed by atoms with E-state index in [0.717, 1.165) is 43.4 Å². The minimum Gasteiger partial charge on any atom is -0.508 e. The van der Waals surface area contributed by atoms with Crippen LogP contribution in [-0.4, -0.2) is 20.6 Å². The highest BCUT2D eigenvalue weighted by molar-refractivity contribution is 7.99. The van der Waals surface area contributed by atoms with Crippen molar-refractivity contribution in [2.75, 3.05) is 10.6 Å². The van der Waals surface area contributed by atoms with Crippen molar-refractivity contribution in [2.45, 2.75) is 9.79 Å². The van der Waals surface area contributed by atoms with Gasteiger partial charge in [-0.05, 0) is 132 Å². The van der Waals surface area contributed by atoms with Gasteiger partial charge in [0.15, 0.2) is 0 Å². The van der Waals surface area contributed by atoms with Gasteiger partial charge in [0.1, 0.15) is 23.0 Å². The van der Waals surface area contributed by atoms with Crippen LogP contribution in [0, 0.1) is 0 Å². The fourth-order valence-corrected chi connectivity index (χ4v) is 6.23. The number of ether oxygens (including phenoxy) is 2. The van der Waals surface area contributed by atoms with Crippen molar-refractivity contribution in [2.24, 2.45) is 0 Å². The second-order valence-electron chi connectivity index (χ2n) is 10.3. The van der Waals surface area contributed by atoms with E-state index in [9.17, 15) is 10.2 Å². The Morgan fingerprint density at radius 1 is 0.489 bits per heavy atom. The van der Waals surface area contributed by atoms with Crippen LogP contribution in [0.1, 0.15) is 0 Å². The normalized spacial score (nSPS) is 10.6. The molecule has 6 aromatic rings. The number of nitrogens with one attached hydrogen (secondary N) is 2. The van der Waals surface area contributed by atoms with Crippen LogP contribution >= 0.6 is 36.2 Å². The van der Waals surface area contributed by atoms with Crippen LogP contribution < -0.4 is 20.1 Å². The monoisotopic (exact) mass is 672 g/mol. The van der Waals surface area contributed by atoms with E-state index in [0.29, 0.717) is 11.5 Å². The molecule has 47 heavy (non-hydrogen) atoms. The molecular formula is C38H28N2O4S3. The molecule has 6 aromatic carbocycles. The second-order valence-corrected chi connectivity index (χ2v) is 12.1. The predicted octanol–water partition coefficient (Wildman–Crippen LogP) is 10.1. The number of aromatic hydroxyl groups is 2. The number of anilines is 2. The van der Waals surface area contributed by atoms with E-state index in [-0.39, 0.29) is 21.8 Å². The Morgan fingerprint density at radius 2 is 0.872 bits per heavy atom. The predicted molar refractivity (Wildman–Crippen MR) is 198 cm³/mol. The van der Waals surface area contributed by atoms with Crippen LogP contribution in [0.4, 0.5) is 11.4 Å². The van der Waals surface area contributed by atoms with Gasteiger partial charge < -0.3 is 30.3 Å². The maximum Gasteiger partial charge on any atom is 0.266 e. The Hall–Kier alpha value is -5.35. The molecule has 0 spiro atoms. The van der Waals surface area contributed by atoms with E-state index < -0.39 is 0 Å². The number of phenolic OH excluding ortho intramolecular Hbond substituents is 2. The summed E-state index contributed by atoms with van der Waals surface area (Å²) in [4.78, 5) is 1.89. The molecule has 9 heteroatoms. The Morgan fingerprint density at radius 3 is 1.26 bits per heavy atom. The third-order valence-electron chi connectivity index (χ3n) is 6.94. The third-order valence-corrected chi connectivity index (χ3v) is 8.46. The molecule has 6 nitrogen and oxygen atoms in total. The average Bonchev–Trinajstić information content (AvgIpc) is 3.08. The molecule has 0 aliphatic rings. The summed E-state index contributed by atoms with van der Waals surface area (Å²) in [5.74, 6) is 1.47. The van der Waals surface area contributed by atoms with Crippen molar-refractivity contribution in [3.8, 4) is 45.3 Å². The van der Waals surface area contributed by atoms with E-state index >= 15 is 0 Å². The summed E-state index contributed by atoms with van der Waals surface area (Å²) in [5.41, 5.74) is 5.21. The van der Waals surface area contributed by atoms with E-state index in [1.54, 1.807) is 36.0 Å². The molecule has 6 rings (SSSR count). The quantitative estimate of drug-likeness (QED) is 0.118. The highest BCUT2D eigenvalue weighted by Gasteiger charge is 2.15. The van der Waals surface area contributed by atoms with Crippen LogP contribution in [0.3, 0.4) is 0 Å². The van der Waals surface area contributed by atoms with Gasteiger partial charge in [-0.25, -0.2) is 0 Å². The summed E-state index contributed by atoms with van der Waals surface area (Å²) < 4.78 is 12.0. The van der Waals surface area contributed by atoms with Crippen LogP contribution in [0.2, 0.25) is 0 Å². The van der Waals surface area contributed by atoms with Crippen LogP contribution in [0.5, 0.6) is 23.0 Å². The molecule has 0 saturated carbocycles. The minimum atomic E-state index is 0.175. The maximum atomic E-state index is 9.98. The largest absolute Gasteiger partial charge is 0.508 e. The zero-order valence-corrected chi connectivity index (χ0v) is 27.2. The molecule has 0 unspecified atom stereocenters. The van der Waals surface area contributed by atoms with E-state index in [1.807, 2.05) is 121 Å². The number of hydrogen-bond donors (Lipinski definition) is 4. The van der Waals surface area contributed by atoms with Gasteiger partial charge in [0, 0.05) is 21.2 Å². The van der Waals surface area contributed by atoms with Gasteiger partial charge in [-0.3, -0.25) is 0 Å². The zero-order chi connectivity index (χ0) is 32.6. The van der Waals surface area contributed by atoms with Gasteiger partial charge in [-0.2, -0.15) is 0 Å². The summed E-state index contributed by atoms with van der Waals surface area (Å²) in [5, 5.41) is 26.6. The minimum absolute atomic E-state index is 0.175. The SMILES string of the molecule is Oc1ccc(-c2cc(OC(=S)Nc3ccccc3)ccc2Sc2ccc(OC(=S)Nc3ccccc3)cc2-c2ccc(O)cc2)cc1. The van der Waals surface area contributed by atoms with Gasteiger partial charge >= 0.3 is 0 Å². The lowest BCUT2D eigenvalue weighted by atomic mass is 10.0. The summed E-state index contributed by atoms with van der Waals surface area (Å²) >= 11 is 12.5. The van der Waals surface area contributed by atoms with Crippen LogP contribution in [0.15, 0.2) is 155 Å². The topological polar surface area (TPSA) is 83.0 Å². The third kappa shape index (κ3) is 8.47. The van der Waals surface area contributed by atoms with Crippen molar-refractivity contribution < 1.29 is 19.7 Å². The highest BCUT2D eigenvalue weighted by Crippen LogP contribution is 2.43. The number of para-hydroxylation sites is 2. The fraction of sp³-hybridized carbons (Fsp3) is 0. The summed E-state index contributed by atoms with van der Waals surface area (Å²) in [7, 11) is 0. The van der Waals surface area contributed by atoms with Crippen molar-refractivity contribution in [1.29, 1.82) is 0 Å². The van der Waals surface area contributed by atoms with Gasteiger partial charge in [0.2, 0.25) is 0 Å². The molecule has 0 aromatic heterocycles. The molecule has 0 heterocycles. The van der Waals surface area contributed by atoms with E-state index in [2.05, 4.69) is 10.6 Å². The Labute approximate surface area is 287 Å². The smallest absolute Gasteiger partial charge is 0.266 e. The first kappa shape index (κ1) is 31.6. The van der Waals surface area contributed by atoms with Gasteiger partial charge in [-0.15, -0.1) is 0 Å². The molecule has 0 radical (unpaired) electrons. The number of thiocarbonyl (C=S) groups is 2. The molecule has 4 N–H and O–H groups in total. The summed E-state index contributed by atoms with van der Waals surface area (Å²) in [6.07, 6.45) is 0. The lowest BCUT2D eigenvalue weighted by Crippen LogP contribution is -2.16. The molecule has 0 fully saturated rings. The van der Waals surface area contributed by atoms with Gasteiger partial charge in [-0.1, -0.05) is 72.4 Å². The molecule has 0 bridgehead atoms. The van der Waals surface area contributed by atoms with Crippen molar-refractivity contribution in [3.63, 3.8) is 0 Å². The molecule has 0 saturated heterocycles. The Kier molecular flexibility index (Phi) is 9.98. The molecule has 0 amide bonds. The summed E-state index contributed by atoms with van der Waals surface area (Å²) in [6.45, 7) is 0. The first-order valence-corrected chi connectivity index (χ1v) is 16.2. The second kappa shape index (κ2) is 14.8. The lowest BCUT2D eigenvalue weighted by molar-refractivity contribution is 0.475. The van der Waals surface area contributed by atoms with Crippen LogP contribution in [0.25, 0.3) is 22.3 Å². The number of hydrogen-bond acceptors (Lipinski definition) is 7. The van der Waals surface area contributed by atoms with Crippen molar-refractivity contribution in [1.82, 2.24) is 0 Å². The Balaban J connectivity index is 1.32. The van der Waals surface area contributed by atoms with Crippen molar-refractivity contribution in [3.05, 3.63) is 146 Å². The lowest BCUT2D eigenvalue weighted by Gasteiger charge is -2.17. The molecular weight excluding hydrogens is 645 g/mol. The van der Waals surface area contributed by atoms with Crippen LogP contribution in [-0.2, 0) is 0 Å². The van der Waals surface area contributed by atoms with Gasteiger partial charge in [0.25, 0.3) is 10.3 Å². The molecule has 0 atom stereocenters. The van der Waals surface area contributed by atoms with E-state index in [1.165, 1.54) is 0 Å². The number of rotatable bonds is 8.